The standard InChI is InChI=1S/C34H29BClFN2O8/c1-34-22(31(42)39(33(34)44)18-9-12-24(37)23(36)14-18)15-21-19(29(34)28-25(40)7-4-8-26(28)47-2)10-11-20-27(21)32(43)38(30(20)41)17-6-3-5-16(13-17)35(45)46/h3-10,12-14,20-22,27,29,40,45-46H,11,15H2,1-2H3. The Hall–Kier alpha value is -4.52. The molecule has 3 fully saturated rings. The van der Waals surface area contributed by atoms with Crippen LogP contribution in [0.25, 0.3) is 0 Å². The van der Waals surface area contributed by atoms with Gasteiger partial charge in [-0.25, -0.2) is 9.29 Å². The first-order chi connectivity index (χ1) is 22.4. The summed E-state index contributed by atoms with van der Waals surface area (Å²) in [4.78, 5) is 59.0. The fourth-order valence-corrected chi connectivity index (χ4v) is 8.45. The van der Waals surface area contributed by atoms with Crippen molar-refractivity contribution in [2.75, 3.05) is 16.9 Å². The molecule has 4 aliphatic rings. The topological polar surface area (TPSA) is 145 Å². The molecule has 3 aromatic carbocycles. The zero-order valence-electron chi connectivity index (χ0n) is 25.3. The summed E-state index contributed by atoms with van der Waals surface area (Å²) in [7, 11) is -0.388. The van der Waals surface area contributed by atoms with Crippen LogP contribution in [0.3, 0.4) is 0 Å². The highest BCUT2D eigenvalue weighted by molar-refractivity contribution is 6.58. The molecule has 6 unspecified atom stereocenters. The quantitative estimate of drug-likeness (QED) is 0.215. The van der Waals surface area contributed by atoms with E-state index in [4.69, 9.17) is 16.3 Å². The number of ether oxygens (including phenoxy) is 1. The smallest absolute Gasteiger partial charge is 0.488 e. The monoisotopic (exact) mass is 658 g/mol. The molecular weight excluding hydrogens is 630 g/mol. The van der Waals surface area contributed by atoms with Crippen molar-refractivity contribution in [1.82, 2.24) is 0 Å². The van der Waals surface area contributed by atoms with Gasteiger partial charge < -0.3 is 19.9 Å². The third kappa shape index (κ3) is 4.38. The molecule has 2 saturated heterocycles. The van der Waals surface area contributed by atoms with Gasteiger partial charge in [-0.15, -0.1) is 0 Å². The van der Waals surface area contributed by atoms with Crippen molar-refractivity contribution in [3.63, 3.8) is 0 Å². The number of hydrogen-bond donors (Lipinski definition) is 3. The first kappa shape index (κ1) is 31.1. The summed E-state index contributed by atoms with van der Waals surface area (Å²) < 4.78 is 19.8. The van der Waals surface area contributed by atoms with Gasteiger partial charge in [0.05, 0.1) is 46.7 Å². The average Bonchev–Trinajstić information content (AvgIpc) is 3.42. The maximum absolute atomic E-state index is 14.6. The van der Waals surface area contributed by atoms with Crippen LogP contribution in [-0.2, 0) is 19.2 Å². The summed E-state index contributed by atoms with van der Waals surface area (Å²) in [6, 6.07) is 14.1. The Bertz CT molecular complexity index is 1920. The van der Waals surface area contributed by atoms with Gasteiger partial charge in [0.15, 0.2) is 0 Å². The number of carbonyl (C=O) groups is 4. The summed E-state index contributed by atoms with van der Waals surface area (Å²) in [6.07, 6.45) is 2.04. The van der Waals surface area contributed by atoms with E-state index in [1.165, 1.54) is 49.6 Å². The number of methoxy groups -OCH3 is 1. The van der Waals surface area contributed by atoms with Gasteiger partial charge in [-0.05, 0) is 73.6 Å². The number of anilines is 2. The van der Waals surface area contributed by atoms with Crippen molar-refractivity contribution in [2.45, 2.75) is 25.7 Å². The Balaban J connectivity index is 1.38. The van der Waals surface area contributed by atoms with Gasteiger partial charge in [0, 0.05) is 11.5 Å². The lowest BCUT2D eigenvalue weighted by molar-refractivity contribution is -0.131. The highest BCUT2D eigenvalue weighted by Crippen LogP contribution is 2.65. The average molecular weight is 659 g/mol. The van der Waals surface area contributed by atoms with Crippen molar-refractivity contribution in [2.24, 2.45) is 29.1 Å². The highest BCUT2D eigenvalue weighted by atomic mass is 35.5. The molecule has 4 amide bonds. The summed E-state index contributed by atoms with van der Waals surface area (Å²) in [5, 5.41) is 30.5. The molecule has 0 radical (unpaired) electrons. The van der Waals surface area contributed by atoms with E-state index in [1.807, 2.05) is 6.08 Å². The predicted molar refractivity (Wildman–Crippen MR) is 169 cm³/mol. The fourth-order valence-electron chi connectivity index (χ4n) is 8.27. The van der Waals surface area contributed by atoms with E-state index in [0.29, 0.717) is 5.57 Å². The second kappa shape index (κ2) is 11.0. The van der Waals surface area contributed by atoms with Gasteiger partial charge in [0.25, 0.3) is 0 Å². The molecule has 0 aromatic heterocycles. The van der Waals surface area contributed by atoms with Crippen LogP contribution in [0.15, 0.2) is 72.3 Å². The number of halogens is 2. The van der Waals surface area contributed by atoms with Crippen LogP contribution in [0.2, 0.25) is 5.02 Å². The van der Waals surface area contributed by atoms with Crippen LogP contribution < -0.4 is 20.0 Å². The molecule has 2 aliphatic heterocycles. The number of aromatic hydroxyl groups is 1. The van der Waals surface area contributed by atoms with Crippen molar-refractivity contribution < 1.29 is 43.5 Å². The zero-order chi connectivity index (χ0) is 33.5. The van der Waals surface area contributed by atoms with Crippen molar-refractivity contribution >= 4 is 59.2 Å². The van der Waals surface area contributed by atoms with Gasteiger partial charge in [-0.3, -0.25) is 24.1 Å². The first-order valence-corrected chi connectivity index (χ1v) is 15.5. The lowest BCUT2D eigenvalue weighted by atomic mass is 9.51. The number of nitrogens with zero attached hydrogens (tertiary/aromatic N) is 2. The van der Waals surface area contributed by atoms with E-state index in [1.54, 1.807) is 19.1 Å². The lowest BCUT2D eigenvalue weighted by Crippen LogP contribution is -2.49. The fraction of sp³-hybridized carbons (Fsp3) is 0.294. The molecule has 0 spiro atoms. The molecule has 47 heavy (non-hydrogen) atoms. The number of rotatable bonds is 5. The van der Waals surface area contributed by atoms with Crippen LogP contribution in [0, 0.1) is 34.9 Å². The van der Waals surface area contributed by atoms with Crippen molar-refractivity contribution in [3.8, 4) is 11.5 Å². The SMILES string of the molecule is COc1cccc(O)c1C1C2=CCC3C(=O)N(c4cccc(B(O)O)c4)C(=O)C3C2CC2C(=O)N(c3ccc(F)c(Cl)c3)C(=O)C21C. The second-order valence-corrected chi connectivity index (χ2v) is 13.0. The normalized spacial score (nSPS) is 28.2. The molecule has 3 N–H and O–H groups in total. The Kier molecular flexibility index (Phi) is 7.30. The van der Waals surface area contributed by atoms with Gasteiger partial charge in [0.1, 0.15) is 17.3 Å². The number of benzene rings is 3. The Labute approximate surface area is 274 Å². The van der Waals surface area contributed by atoms with Crippen LogP contribution in [0.5, 0.6) is 11.5 Å². The van der Waals surface area contributed by atoms with E-state index in [-0.39, 0.29) is 51.8 Å². The predicted octanol–water partition coefficient (Wildman–Crippen LogP) is 3.31. The third-order valence-electron chi connectivity index (χ3n) is 10.4. The Morgan fingerprint density at radius 3 is 2.36 bits per heavy atom. The minimum atomic E-state index is -1.81. The van der Waals surface area contributed by atoms with E-state index >= 15 is 0 Å². The highest BCUT2D eigenvalue weighted by Gasteiger charge is 2.68. The molecule has 7 rings (SSSR count). The number of fused-ring (bicyclic) bond motifs is 4. The molecule has 3 aromatic rings. The molecule has 13 heteroatoms. The van der Waals surface area contributed by atoms with E-state index in [9.17, 15) is 38.7 Å². The molecule has 10 nitrogen and oxygen atoms in total. The molecule has 240 valence electrons. The van der Waals surface area contributed by atoms with Crippen LogP contribution in [0.4, 0.5) is 15.8 Å². The Morgan fingerprint density at radius 1 is 0.936 bits per heavy atom. The zero-order valence-corrected chi connectivity index (χ0v) is 26.0. The molecule has 2 heterocycles. The number of hydrogen-bond acceptors (Lipinski definition) is 8. The van der Waals surface area contributed by atoms with Gasteiger partial charge in [-0.2, -0.15) is 0 Å². The summed E-state index contributed by atoms with van der Waals surface area (Å²) in [5.41, 5.74) is -0.191. The number of imide groups is 2. The third-order valence-corrected chi connectivity index (χ3v) is 10.7. The minimum absolute atomic E-state index is 0.0498. The number of amides is 4. The molecule has 1 saturated carbocycles. The van der Waals surface area contributed by atoms with E-state index < -0.39 is 71.6 Å². The second-order valence-electron chi connectivity index (χ2n) is 12.6. The summed E-state index contributed by atoms with van der Waals surface area (Å²) >= 11 is 6.06. The molecule has 6 atom stereocenters. The van der Waals surface area contributed by atoms with Crippen LogP contribution in [-0.4, -0.2) is 53.0 Å². The van der Waals surface area contributed by atoms with Crippen LogP contribution in [0.1, 0.15) is 31.2 Å². The summed E-state index contributed by atoms with van der Waals surface area (Å²) in [5.74, 6) is -7.01. The van der Waals surface area contributed by atoms with Crippen molar-refractivity contribution in [1.29, 1.82) is 0 Å². The largest absolute Gasteiger partial charge is 0.508 e. The first-order valence-electron chi connectivity index (χ1n) is 15.1. The maximum Gasteiger partial charge on any atom is 0.488 e. The number of allylic oxidation sites excluding steroid dienone is 2. The maximum atomic E-state index is 14.6. The minimum Gasteiger partial charge on any atom is -0.508 e. The van der Waals surface area contributed by atoms with Gasteiger partial charge in [-0.1, -0.05) is 41.4 Å². The van der Waals surface area contributed by atoms with Crippen LogP contribution >= 0.6 is 11.6 Å². The molecule has 0 bridgehead atoms. The number of phenols is 1. The van der Waals surface area contributed by atoms with Gasteiger partial charge >= 0.3 is 7.12 Å². The van der Waals surface area contributed by atoms with Crippen molar-refractivity contribution in [3.05, 3.63) is 88.7 Å². The number of carbonyl (C=O) groups excluding carboxylic acids is 4. The summed E-state index contributed by atoms with van der Waals surface area (Å²) in [6.45, 7) is 1.66. The van der Waals surface area contributed by atoms with E-state index in [0.717, 1.165) is 15.9 Å². The lowest BCUT2D eigenvalue weighted by Gasteiger charge is -2.49. The molecular formula is C34H29BClFN2O8. The molecule has 2 aliphatic carbocycles. The number of phenolic OH excluding ortho intramolecular Hbond substituents is 1. The van der Waals surface area contributed by atoms with Gasteiger partial charge in [0.2, 0.25) is 23.6 Å². The van der Waals surface area contributed by atoms with E-state index in [2.05, 4.69) is 0 Å². The Morgan fingerprint density at radius 2 is 1.66 bits per heavy atom.